The second-order valence-corrected chi connectivity index (χ2v) is 6.98. The average Bonchev–Trinajstić information content (AvgIpc) is 2.62. The van der Waals surface area contributed by atoms with Crippen molar-refractivity contribution >= 4 is 0 Å². The van der Waals surface area contributed by atoms with Gasteiger partial charge in [-0.15, -0.1) is 0 Å². The minimum Gasteiger partial charge on any atom is -0.489 e. The van der Waals surface area contributed by atoms with Crippen molar-refractivity contribution in [2.45, 2.75) is 39.0 Å². The molecule has 2 aromatic rings. The lowest BCUT2D eigenvalue weighted by Gasteiger charge is -2.29. The van der Waals surface area contributed by atoms with E-state index in [0.29, 0.717) is 12.6 Å². The van der Waals surface area contributed by atoms with Gasteiger partial charge in [-0.3, -0.25) is 0 Å². The van der Waals surface area contributed by atoms with Gasteiger partial charge in [-0.2, -0.15) is 0 Å². The predicted molar refractivity (Wildman–Crippen MR) is 99.3 cm³/mol. The van der Waals surface area contributed by atoms with Gasteiger partial charge in [-0.05, 0) is 63.7 Å². The Morgan fingerprint density at radius 2 is 1.84 bits per heavy atom. The Bertz CT molecular complexity index is 679. The molecule has 0 bridgehead atoms. The third-order valence-electron chi connectivity index (χ3n) is 4.82. The maximum atomic E-state index is 13.0. The Hall–Kier alpha value is -1.91. The first kappa shape index (κ1) is 17.9. The summed E-state index contributed by atoms with van der Waals surface area (Å²) in [5.41, 5.74) is 3.38. The van der Waals surface area contributed by atoms with Gasteiger partial charge in [0, 0.05) is 18.2 Å². The molecule has 0 aliphatic carbocycles. The molecular formula is C21H27FN2O. The first-order chi connectivity index (χ1) is 12.1. The van der Waals surface area contributed by atoms with Crippen molar-refractivity contribution in [1.82, 2.24) is 10.2 Å². The molecule has 1 fully saturated rings. The third-order valence-corrected chi connectivity index (χ3v) is 4.82. The second kappa shape index (κ2) is 8.45. The zero-order valence-electron chi connectivity index (χ0n) is 15.1. The van der Waals surface area contributed by atoms with Crippen LogP contribution in [0, 0.1) is 12.7 Å². The van der Waals surface area contributed by atoms with E-state index < -0.39 is 0 Å². The van der Waals surface area contributed by atoms with E-state index in [9.17, 15) is 4.39 Å². The molecule has 3 nitrogen and oxygen atoms in total. The Balaban J connectivity index is 1.60. The molecule has 1 aliphatic rings. The minimum absolute atomic E-state index is 0.220. The first-order valence-corrected chi connectivity index (χ1v) is 8.99. The fourth-order valence-corrected chi connectivity index (χ4v) is 3.20. The van der Waals surface area contributed by atoms with Crippen molar-refractivity contribution in [3.8, 4) is 5.75 Å². The van der Waals surface area contributed by atoms with Gasteiger partial charge in [0.2, 0.25) is 0 Å². The van der Waals surface area contributed by atoms with Gasteiger partial charge < -0.3 is 15.0 Å². The molecule has 0 unspecified atom stereocenters. The molecule has 0 saturated carbocycles. The Morgan fingerprint density at radius 1 is 1.12 bits per heavy atom. The molecule has 3 rings (SSSR count). The fourth-order valence-electron chi connectivity index (χ4n) is 3.20. The number of hydrogen-bond donors (Lipinski definition) is 1. The summed E-state index contributed by atoms with van der Waals surface area (Å²) >= 11 is 0. The van der Waals surface area contributed by atoms with Crippen LogP contribution in [-0.2, 0) is 13.2 Å². The molecule has 0 atom stereocenters. The molecule has 0 aromatic heterocycles. The van der Waals surface area contributed by atoms with E-state index in [0.717, 1.165) is 30.9 Å². The van der Waals surface area contributed by atoms with Gasteiger partial charge in [0.05, 0.1) is 0 Å². The number of aryl methyl sites for hydroxylation is 1. The number of hydrogen-bond acceptors (Lipinski definition) is 3. The summed E-state index contributed by atoms with van der Waals surface area (Å²) in [6, 6.07) is 13.3. The number of halogens is 1. The highest BCUT2D eigenvalue weighted by atomic mass is 19.1. The summed E-state index contributed by atoms with van der Waals surface area (Å²) in [7, 11) is 2.18. The number of rotatable bonds is 6. The molecule has 1 saturated heterocycles. The smallest absolute Gasteiger partial charge is 0.124 e. The number of likely N-dealkylation sites (tertiary alicyclic amines) is 1. The van der Waals surface area contributed by atoms with Gasteiger partial charge in [0.15, 0.2) is 0 Å². The van der Waals surface area contributed by atoms with Crippen LogP contribution in [0.25, 0.3) is 0 Å². The highest BCUT2D eigenvalue weighted by Gasteiger charge is 2.16. The normalized spacial score (nSPS) is 16.1. The monoisotopic (exact) mass is 342 g/mol. The van der Waals surface area contributed by atoms with Crippen molar-refractivity contribution in [1.29, 1.82) is 0 Å². The molecule has 2 aromatic carbocycles. The maximum Gasteiger partial charge on any atom is 0.124 e. The third kappa shape index (κ3) is 5.28. The zero-order chi connectivity index (χ0) is 17.6. The Morgan fingerprint density at radius 3 is 2.56 bits per heavy atom. The topological polar surface area (TPSA) is 24.5 Å². The van der Waals surface area contributed by atoms with Crippen LogP contribution >= 0.6 is 0 Å². The van der Waals surface area contributed by atoms with Gasteiger partial charge in [0.1, 0.15) is 18.2 Å². The Kier molecular flexibility index (Phi) is 6.05. The number of piperidine rings is 1. The van der Waals surface area contributed by atoms with Crippen molar-refractivity contribution in [3.63, 3.8) is 0 Å². The molecule has 1 aliphatic heterocycles. The first-order valence-electron chi connectivity index (χ1n) is 8.99. The van der Waals surface area contributed by atoms with Gasteiger partial charge >= 0.3 is 0 Å². The molecule has 1 N–H and O–H groups in total. The minimum atomic E-state index is -0.220. The maximum absolute atomic E-state index is 13.0. The van der Waals surface area contributed by atoms with E-state index in [1.807, 2.05) is 6.07 Å². The van der Waals surface area contributed by atoms with Gasteiger partial charge in [-0.1, -0.05) is 29.8 Å². The molecular weight excluding hydrogens is 315 g/mol. The number of benzene rings is 2. The van der Waals surface area contributed by atoms with Gasteiger partial charge in [-0.25, -0.2) is 4.39 Å². The van der Waals surface area contributed by atoms with Crippen LogP contribution in [0.5, 0.6) is 5.75 Å². The van der Waals surface area contributed by atoms with Crippen LogP contribution in [0.15, 0.2) is 42.5 Å². The van der Waals surface area contributed by atoms with E-state index in [1.54, 1.807) is 12.1 Å². The standard InChI is InChI=1S/C21H27FN2O/c1-16-3-8-21(25-15-17-4-6-19(22)7-5-17)18(13-16)14-23-20-9-11-24(2)12-10-20/h3-8,13,20,23H,9-12,14-15H2,1-2H3. The molecule has 0 spiro atoms. The summed E-state index contributed by atoms with van der Waals surface area (Å²) in [6.07, 6.45) is 2.38. The number of nitrogens with one attached hydrogen (secondary N) is 1. The molecule has 1 heterocycles. The van der Waals surface area contributed by atoms with Crippen LogP contribution in [-0.4, -0.2) is 31.1 Å². The quantitative estimate of drug-likeness (QED) is 0.862. The molecule has 0 amide bonds. The van der Waals surface area contributed by atoms with Crippen LogP contribution in [0.3, 0.4) is 0 Å². The van der Waals surface area contributed by atoms with E-state index in [2.05, 4.69) is 36.3 Å². The largest absolute Gasteiger partial charge is 0.489 e. The average molecular weight is 342 g/mol. The van der Waals surface area contributed by atoms with E-state index in [-0.39, 0.29) is 5.82 Å². The van der Waals surface area contributed by atoms with E-state index >= 15 is 0 Å². The fraction of sp³-hybridized carbons (Fsp3) is 0.429. The lowest BCUT2D eigenvalue weighted by molar-refractivity contribution is 0.233. The van der Waals surface area contributed by atoms with Crippen molar-refractivity contribution in [2.75, 3.05) is 20.1 Å². The number of ether oxygens (including phenoxy) is 1. The number of nitrogens with zero attached hydrogens (tertiary/aromatic N) is 1. The SMILES string of the molecule is Cc1ccc(OCc2ccc(F)cc2)c(CNC2CCN(C)CC2)c1. The summed E-state index contributed by atoms with van der Waals surface area (Å²) < 4.78 is 19.0. The summed E-state index contributed by atoms with van der Waals surface area (Å²) in [5, 5.41) is 3.68. The lowest BCUT2D eigenvalue weighted by atomic mass is 10.0. The lowest BCUT2D eigenvalue weighted by Crippen LogP contribution is -2.40. The summed E-state index contributed by atoms with van der Waals surface area (Å²) in [6.45, 7) is 5.67. The molecule has 0 radical (unpaired) electrons. The summed E-state index contributed by atoms with van der Waals surface area (Å²) in [5.74, 6) is 0.678. The molecule has 25 heavy (non-hydrogen) atoms. The van der Waals surface area contributed by atoms with Crippen molar-refractivity contribution < 1.29 is 9.13 Å². The van der Waals surface area contributed by atoms with Gasteiger partial charge in [0.25, 0.3) is 0 Å². The van der Waals surface area contributed by atoms with Crippen molar-refractivity contribution in [3.05, 3.63) is 65.0 Å². The molecule has 4 heteroatoms. The Labute approximate surface area is 149 Å². The van der Waals surface area contributed by atoms with Crippen molar-refractivity contribution in [2.24, 2.45) is 0 Å². The predicted octanol–water partition coefficient (Wildman–Crippen LogP) is 3.90. The van der Waals surface area contributed by atoms with Crippen LogP contribution in [0.2, 0.25) is 0 Å². The highest BCUT2D eigenvalue weighted by Crippen LogP contribution is 2.22. The second-order valence-electron chi connectivity index (χ2n) is 6.98. The van der Waals surface area contributed by atoms with Crippen LogP contribution < -0.4 is 10.1 Å². The van der Waals surface area contributed by atoms with E-state index in [4.69, 9.17) is 4.74 Å². The summed E-state index contributed by atoms with van der Waals surface area (Å²) in [4.78, 5) is 2.38. The zero-order valence-corrected chi connectivity index (χ0v) is 15.1. The van der Waals surface area contributed by atoms with Crippen LogP contribution in [0.4, 0.5) is 4.39 Å². The van der Waals surface area contributed by atoms with Crippen LogP contribution in [0.1, 0.15) is 29.5 Å². The van der Waals surface area contributed by atoms with E-state index in [1.165, 1.54) is 36.1 Å². The highest BCUT2D eigenvalue weighted by molar-refractivity contribution is 5.37. The molecule has 134 valence electrons.